The molecule has 1 aliphatic rings. The summed E-state index contributed by atoms with van der Waals surface area (Å²) in [6, 6.07) is 12.5. The summed E-state index contributed by atoms with van der Waals surface area (Å²) < 4.78 is 30.9. The molecule has 5 nitrogen and oxygen atoms in total. The van der Waals surface area contributed by atoms with Gasteiger partial charge in [0, 0.05) is 23.7 Å². The highest BCUT2D eigenvalue weighted by molar-refractivity contribution is 7.92. The van der Waals surface area contributed by atoms with E-state index in [1.54, 1.807) is 24.3 Å². The molecule has 6 heteroatoms. The van der Waals surface area contributed by atoms with Crippen LogP contribution >= 0.6 is 0 Å². The van der Waals surface area contributed by atoms with Gasteiger partial charge in [0.05, 0.1) is 10.1 Å². The second kappa shape index (κ2) is 8.50. The number of sulfone groups is 1. The molecular weight excluding hydrogens is 410 g/mol. The molecule has 31 heavy (non-hydrogen) atoms. The van der Waals surface area contributed by atoms with E-state index in [2.05, 4.69) is 25.2 Å². The molecule has 164 valence electrons. The molecule has 0 amide bonds. The summed E-state index contributed by atoms with van der Waals surface area (Å²) in [5.41, 5.74) is 4.21. The van der Waals surface area contributed by atoms with Crippen LogP contribution in [0.5, 0.6) is 0 Å². The van der Waals surface area contributed by atoms with Crippen molar-refractivity contribution in [3.63, 3.8) is 0 Å². The van der Waals surface area contributed by atoms with Gasteiger partial charge in [-0.1, -0.05) is 26.7 Å². The highest BCUT2D eigenvalue weighted by atomic mass is 32.2. The third-order valence-corrected chi connectivity index (χ3v) is 8.52. The summed E-state index contributed by atoms with van der Waals surface area (Å²) in [6.07, 6.45) is 3.48. The lowest BCUT2D eigenvalue weighted by atomic mass is 9.95. The van der Waals surface area contributed by atoms with Crippen LogP contribution in [0.2, 0.25) is 0 Å². The first-order valence-corrected chi connectivity index (χ1v) is 12.5. The normalized spacial score (nSPS) is 15.1. The third kappa shape index (κ3) is 4.40. The zero-order valence-corrected chi connectivity index (χ0v) is 19.1. The summed E-state index contributed by atoms with van der Waals surface area (Å²) in [5.74, 6) is 0.367. The lowest BCUT2D eigenvalue weighted by Crippen LogP contribution is -2.17. The van der Waals surface area contributed by atoms with E-state index in [9.17, 15) is 13.2 Å². The zero-order valence-electron chi connectivity index (χ0n) is 18.3. The van der Waals surface area contributed by atoms with E-state index >= 15 is 0 Å². The van der Waals surface area contributed by atoms with E-state index in [-0.39, 0.29) is 10.9 Å². The molecular formula is C25H29NO4S. The molecule has 3 aromatic rings. The summed E-state index contributed by atoms with van der Waals surface area (Å²) >= 11 is 0. The first-order chi connectivity index (χ1) is 14.8. The van der Waals surface area contributed by atoms with Crippen molar-refractivity contribution in [1.29, 1.82) is 0 Å². The minimum Gasteiger partial charge on any atom is -0.423 e. The molecule has 0 unspecified atom stereocenters. The molecule has 0 aliphatic heterocycles. The average Bonchev–Trinajstić information content (AvgIpc) is 3.27. The Morgan fingerprint density at radius 1 is 1.06 bits per heavy atom. The molecule has 0 spiro atoms. The largest absolute Gasteiger partial charge is 0.423 e. The molecule has 0 bridgehead atoms. The van der Waals surface area contributed by atoms with Gasteiger partial charge in [-0.15, -0.1) is 0 Å². The van der Waals surface area contributed by atoms with Crippen LogP contribution in [0.25, 0.3) is 11.0 Å². The third-order valence-electron chi connectivity index (χ3n) is 6.25. The van der Waals surface area contributed by atoms with Gasteiger partial charge in [0.2, 0.25) is 0 Å². The molecule has 1 heterocycles. The first kappa shape index (κ1) is 21.6. The Morgan fingerprint density at radius 2 is 1.74 bits per heavy atom. The van der Waals surface area contributed by atoms with Crippen molar-refractivity contribution >= 4 is 26.5 Å². The summed E-state index contributed by atoms with van der Waals surface area (Å²) in [6.45, 7) is 6.76. The summed E-state index contributed by atoms with van der Waals surface area (Å²) in [5, 5.41) is 3.98. The Morgan fingerprint density at radius 3 is 2.39 bits per heavy atom. The SMILES string of the molecule is Cc1cc2oc(=O)cc(CNc3ccc(S(=O)(=O)C4CCCC4)cc3)c2cc1C(C)C. The van der Waals surface area contributed by atoms with E-state index in [4.69, 9.17) is 4.42 Å². The minimum atomic E-state index is -3.26. The van der Waals surface area contributed by atoms with Gasteiger partial charge < -0.3 is 9.73 Å². The van der Waals surface area contributed by atoms with Crippen LogP contribution in [0.3, 0.4) is 0 Å². The molecule has 0 saturated heterocycles. The maximum absolute atomic E-state index is 12.8. The number of anilines is 1. The molecule has 1 aliphatic carbocycles. The predicted octanol–water partition coefficient (Wildman–Crippen LogP) is 5.55. The fourth-order valence-electron chi connectivity index (χ4n) is 4.51. The number of hydrogen-bond donors (Lipinski definition) is 1. The fourth-order valence-corrected chi connectivity index (χ4v) is 6.36. The topological polar surface area (TPSA) is 76.4 Å². The maximum atomic E-state index is 12.8. The van der Waals surface area contributed by atoms with Crippen LogP contribution < -0.4 is 10.9 Å². The van der Waals surface area contributed by atoms with E-state index in [1.807, 2.05) is 13.0 Å². The number of aryl methyl sites for hydroxylation is 1. The number of hydrogen-bond acceptors (Lipinski definition) is 5. The molecule has 1 aromatic heterocycles. The Bertz CT molecular complexity index is 1250. The Hall–Kier alpha value is -2.60. The van der Waals surface area contributed by atoms with Crippen molar-refractivity contribution in [3.8, 4) is 0 Å². The fraction of sp³-hybridized carbons (Fsp3) is 0.400. The highest BCUT2D eigenvalue weighted by Crippen LogP contribution is 2.30. The molecule has 2 aromatic carbocycles. The second-order valence-electron chi connectivity index (χ2n) is 8.78. The van der Waals surface area contributed by atoms with Crippen molar-refractivity contribution in [2.45, 2.75) is 69.1 Å². The molecule has 1 N–H and O–H groups in total. The predicted molar refractivity (Wildman–Crippen MR) is 125 cm³/mol. The van der Waals surface area contributed by atoms with Gasteiger partial charge in [-0.25, -0.2) is 13.2 Å². The molecule has 1 saturated carbocycles. The van der Waals surface area contributed by atoms with E-state index in [0.717, 1.165) is 47.9 Å². The quantitative estimate of drug-likeness (QED) is 0.509. The lowest BCUT2D eigenvalue weighted by Gasteiger charge is -2.14. The smallest absolute Gasteiger partial charge is 0.336 e. The van der Waals surface area contributed by atoms with Gasteiger partial charge in [0.15, 0.2) is 9.84 Å². The Kier molecular flexibility index (Phi) is 5.93. The van der Waals surface area contributed by atoms with Crippen LogP contribution in [-0.4, -0.2) is 13.7 Å². The summed E-state index contributed by atoms with van der Waals surface area (Å²) in [4.78, 5) is 12.4. The first-order valence-electron chi connectivity index (χ1n) is 10.9. The van der Waals surface area contributed by atoms with Gasteiger partial charge in [0.1, 0.15) is 5.58 Å². The number of benzene rings is 2. The maximum Gasteiger partial charge on any atom is 0.336 e. The van der Waals surface area contributed by atoms with Gasteiger partial charge >= 0.3 is 5.63 Å². The van der Waals surface area contributed by atoms with Crippen molar-refractivity contribution < 1.29 is 12.8 Å². The second-order valence-corrected chi connectivity index (χ2v) is 11.0. The Labute approximate surface area is 183 Å². The monoisotopic (exact) mass is 439 g/mol. The van der Waals surface area contributed by atoms with Crippen LogP contribution in [0.1, 0.15) is 62.1 Å². The zero-order chi connectivity index (χ0) is 22.2. The number of nitrogens with one attached hydrogen (secondary N) is 1. The van der Waals surface area contributed by atoms with Gasteiger partial charge in [0.25, 0.3) is 0 Å². The minimum absolute atomic E-state index is 0.250. The number of rotatable bonds is 6. The van der Waals surface area contributed by atoms with Gasteiger partial charge in [-0.05, 0) is 78.8 Å². The number of fused-ring (bicyclic) bond motifs is 1. The standard InChI is InChI=1S/C25H29NO4S/c1-16(2)22-14-23-18(13-25(27)30-24(23)12-17(22)3)15-26-19-8-10-21(11-9-19)31(28,29)20-6-4-5-7-20/h8-14,16,20,26H,4-7,15H2,1-3H3. The Balaban J connectivity index is 1.58. The van der Waals surface area contributed by atoms with E-state index in [1.165, 1.54) is 11.6 Å². The van der Waals surface area contributed by atoms with Crippen LogP contribution in [0.4, 0.5) is 5.69 Å². The molecule has 0 atom stereocenters. The molecule has 0 radical (unpaired) electrons. The van der Waals surface area contributed by atoms with Crippen molar-refractivity contribution in [3.05, 3.63) is 69.6 Å². The van der Waals surface area contributed by atoms with Gasteiger partial charge in [-0.3, -0.25) is 0 Å². The van der Waals surface area contributed by atoms with E-state index in [0.29, 0.717) is 22.9 Å². The van der Waals surface area contributed by atoms with Gasteiger partial charge in [-0.2, -0.15) is 0 Å². The van der Waals surface area contributed by atoms with Crippen molar-refractivity contribution in [2.75, 3.05) is 5.32 Å². The summed E-state index contributed by atoms with van der Waals surface area (Å²) in [7, 11) is -3.26. The van der Waals surface area contributed by atoms with Crippen molar-refractivity contribution in [2.24, 2.45) is 0 Å². The van der Waals surface area contributed by atoms with E-state index < -0.39 is 9.84 Å². The lowest BCUT2D eigenvalue weighted by molar-refractivity contribution is 0.558. The van der Waals surface area contributed by atoms with Crippen LogP contribution in [-0.2, 0) is 16.4 Å². The van der Waals surface area contributed by atoms with Crippen LogP contribution in [0.15, 0.2) is 56.6 Å². The van der Waals surface area contributed by atoms with Crippen molar-refractivity contribution in [1.82, 2.24) is 0 Å². The average molecular weight is 440 g/mol. The molecule has 4 rings (SSSR count). The van der Waals surface area contributed by atoms with Crippen LogP contribution in [0, 0.1) is 6.92 Å². The highest BCUT2D eigenvalue weighted by Gasteiger charge is 2.30. The molecule has 1 fully saturated rings.